The van der Waals surface area contributed by atoms with Crippen molar-refractivity contribution in [1.29, 1.82) is 0 Å². The summed E-state index contributed by atoms with van der Waals surface area (Å²) in [5.74, 6) is 1.09. The lowest BCUT2D eigenvalue weighted by Gasteiger charge is -2.31. The number of nitrogens with zero attached hydrogens (tertiary/aromatic N) is 3. The van der Waals surface area contributed by atoms with Crippen LogP contribution in [0.1, 0.15) is 31.1 Å². The standard InChI is InChI=1S/C12H20N4O4S/c1-21(17,18)16-5-6-19-10(8-16)7-13-12-15-14-11(20-12)9-3-2-4-9/h9-10H,2-8H2,1H3,(H,13,15). The van der Waals surface area contributed by atoms with Crippen LogP contribution in [-0.4, -0.2) is 61.5 Å². The fourth-order valence-corrected chi connectivity index (χ4v) is 3.29. The number of aromatic nitrogens is 2. The van der Waals surface area contributed by atoms with E-state index < -0.39 is 10.0 Å². The summed E-state index contributed by atoms with van der Waals surface area (Å²) in [7, 11) is -3.17. The second-order valence-corrected chi connectivity index (χ2v) is 7.55. The fourth-order valence-electron chi connectivity index (χ4n) is 2.44. The van der Waals surface area contributed by atoms with Crippen molar-refractivity contribution in [1.82, 2.24) is 14.5 Å². The van der Waals surface area contributed by atoms with Gasteiger partial charge >= 0.3 is 6.01 Å². The van der Waals surface area contributed by atoms with Gasteiger partial charge in [0.1, 0.15) is 0 Å². The van der Waals surface area contributed by atoms with Gasteiger partial charge in [0.25, 0.3) is 0 Å². The number of morpholine rings is 1. The van der Waals surface area contributed by atoms with E-state index in [9.17, 15) is 8.42 Å². The number of sulfonamides is 1. The molecule has 1 unspecified atom stereocenters. The van der Waals surface area contributed by atoms with Crippen LogP contribution >= 0.6 is 0 Å². The smallest absolute Gasteiger partial charge is 0.315 e. The van der Waals surface area contributed by atoms with Gasteiger partial charge in [0.05, 0.1) is 19.0 Å². The van der Waals surface area contributed by atoms with E-state index in [1.165, 1.54) is 17.0 Å². The van der Waals surface area contributed by atoms with Crippen LogP contribution in [0.15, 0.2) is 4.42 Å². The number of rotatable bonds is 5. The van der Waals surface area contributed by atoms with E-state index in [2.05, 4.69) is 15.5 Å². The minimum atomic E-state index is -3.17. The lowest BCUT2D eigenvalue weighted by atomic mass is 9.85. The molecule has 2 fully saturated rings. The summed E-state index contributed by atoms with van der Waals surface area (Å²) in [5.41, 5.74) is 0. The minimum Gasteiger partial charge on any atom is -0.408 e. The second-order valence-electron chi connectivity index (χ2n) is 5.57. The van der Waals surface area contributed by atoms with Crippen molar-refractivity contribution in [3.63, 3.8) is 0 Å². The zero-order chi connectivity index (χ0) is 14.9. The van der Waals surface area contributed by atoms with E-state index in [0.717, 1.165) is 12.8 Å². The van der Waals surface area contributed by atoms with Gasteiger partial charge in [-0.25, -0.2) is 8.42 Å². The summed E-state index contributed by atoms with van der Waals surface area (Å²) in [6, 6.07) is 0.372. The van der Waals surface area contributed by atoms with E-state index in [-0.39, 0.29) is 6.10 Å². The van der Waals surface area contributed by atoms with E-state index in [4.69, 9.17) is 9.15 Å². The number of ether oxygens (including phenoxy) is 1. The molecule has 1 aromatic rings. The molecule has 1 aliphatic carbocycles. The zero-order valence-corrected chi connectivity index (χ0v) is 12.8. The third kappa shape index (κ3) is 3.53. The Kier molecular flexibility index (Phi) is 4.14. The third-order valence-corrected chi connectivity index (χ3v) is 5.22. The highest BCUT2D eigenvalue weighted by Crippen LogP contribution is 2.35. The zero-order valence-electron chi connectivity index (χ0n) is 12.0. The first kappa shape index (κ1) is 14.7. The Morgan fingerprint density at radius 3 is 2.86 bits per heavy atom. The van der Waals surface area contributed by atoms with Crippen molar-refractivity contribution >= 4 is 16.0 Å². The number of hydrogen-bond acceptors (Lipinski definition) is 7. The number of nitrogens with one attached hydrogen (secondary N) is 1. The lowest BCUT2D eigenvalue weighted by Crippen LogP contribution is -2.47. The molecule has 1 saturated carbocycles. The highest BCUT2D eigenvalue weighted by Gasteiger charge is 2.27. The molecule has 9 heteroatoms. The van der Waals surface area contributed by atoms with E-state index in [1.54, 1.807) is 0 Å². The molecule has 1 aromatic heterocycles. The predicted octanol–water partition coefficient (Wildman–Crippen LogP) is 0.409. The molecular formula is C12H20N4O4S. The molecule has 21 heavy (non-hydrogen) atoms. The molecule has 118 valence electrons. The molecule has 1 atom stereocenters. The van der Waals surface area contributed by atoms with Gasteiger partial charge in [-0.05, 0) is 12.8 Å². The Balaban J connectivity index is 1.51. The normalized spacial score (nSPS) is 24.7. The molecule has 1 aliphatic heterocycles. The predicted molar refractivity (Wildman–Crippen MR) is 75.5 cm³/mol. The van der Waals surface area contributed by atoms with Gasteiger partial charge in [-0.15, -0.1) is 5.10 Å². The molecule has 0 aromatic carbocycles. The first-order valence-corrected chi connectivity index (χ1v) is 9.01. The quantitative estimate of drug-likeness (QED) is 0.840. The van der Waals surface area contributed by atoms with Crippen LogP contribution in [-0.2, 0) is 14.8 Å². The van der Waals surface area contributed by atoms with E-state index in [1.807, 2.05) is 0 Å². The molecular weight excluding hydrogens is 296 g/mol. The summed E-state index contributed by atoms with van der Waals surface area (Å²) in [4.78, 5) is 0. The number of anilines is 1. The van der Waals surface area contributed by atoms with Crippen molar-refractivity contribution in [2.75, 3.05) is 37.8 Å². The first-order chi connectivity index (χ1) is 10.0. The van der Waals surface area contributed by atoms with Crippen LogP contribution in [0.3, 0.4) is 0 Å². The highest BCUT2D eigenvalue weighted by atomic mass is 32.2. The molecule has 0 bridgehead atoms. The van der Waals surface area contributed by atoms with Crippen molar-refractivity contribution in [2.24, 2.45) is 0 Å². The maximum Gasteiger partial charge on any atom is 0.315 e. The van der Waals surface area contributed by atoms with Gasteiger partial charge in [0.2, 0.25) is 15.9 Å². The Bertz CT molecular complexity index is 584. The molecule has 3 rings (SSSR count). The number of hydrogen-bond donors (Lipinski definition) is 1. The highest BCUT2D eigenvalue weighted by molar-refractivity contribution is 7.88. The van der Waals surface area contributed by atoms with Crippen LogP contribution in [0, 0.1) is 0 Å². The molecule has 2 heterocycles. The van der Waals surface area contributed by atoms with E-state index >= 15 is 0 Å². The average molecular weight is 316 g/mol. The fraction of sp³-hybridized carbons (Fsp3) is 0.833. The Labute approximate surface area is 123 Å². The molecule has 0 amide bonds. The van der Waals surface area contributed by atoms with Gasteiger partial charge in [0.15, 0.2) is 0 Å². The molecule has 2 aliphatic rings. The monoisotopic (exact) mass is 316 g/mol. The Hall–Kier alpha value is -1.19. The lowest BCUT2D eigenvalue weighted by molar-refractivity contribution is 0.00678. The van der Waals surface area contributed by atoms with Crippen LogP contribution in [0.4, 0.5) is 6.01 Å². The molecule has 1 saturated heterocycles. The SMILES string of the molecule is CS(=O)(=O)N1CCOC(CNc2nnc(C3CCC3)o2)C1. The summed E-state index contributed by atoms with van der Waals surface area (Å²) >= 11 is 0. The molecule has 0 spiro atoms. The van der Waals surface area contributed by atoms with Gasteiger partial charge in [-0.2, -0.15) is 4.31 Å². The third-order valence-electron chi connectivity index (χ3n) is 3.95. The first-order valence-electron chi connectivity index (χ1n) is 7.16. The minimum absolute atomic E-state index is 0.215. The Morgan fingerprint density at radius 2 is 2.19 bits per heavy atom. The maximum atomic E-state index is 11.5. The summed E-state index contributed by atoms with van der Waals surface area (Å²) in [6.45, 7) is 1.59. The Morgan fingerprint density at radius 1 is 1.38 bits per heavy atom. The van der Waals surface area contributed by atoms with Gasteiger partial charge < -0.3 is 14.5 Å². The van der Waals surface area contributed by atoms with E-state index in [0.29, 0.717) is 44.1 Å². The molecule has 8 nitrogen and oxygen atoms in total. The average Bonchev–Trinajstić information content (AvgIpc) is 2.82. The van der Waals surface area contributed by atoms with Crippen LogP contribution in [0.2, 0.25) is 0 Å². The van der Waals surface area contributed by atoms with Crippen LogP contribution in [0.25, 0.3) is 0 Å². The molecule has 0 radical (unpaired) electrons. The van der Waals surface area contributed by atoms with Crippen molar-refractivity contribution < 1.29 is 17.6 Å². The van der Waals surface area contributed by atoms with Crippen molar-refractivity contribution in [2.45, 2.75) is 31.3 Å². The van der Waals surface area contributed by atoms with Crippen molar-refractivity contribution in [3.8, 4) is 0 Å². The van der Waals surface area contributed by atoms with Gasteiger partial charge in [-0.1, -0.05) is 11.5 Å². The second kappa shape index (κ2) is 5.90. The van der Waals surface area contributed by atoms with Crippen LogP contribution in [0.5, 0.6) is 0 Å². The summed E-state index contributed by atoms with van der Waals surface area (Å²) in [6.07, 6.45) is 4.43. The largest absolute Gasteiger partial charge is 0.408 e. The maximum absolute atomic E-state index is 11.5. The van der Waals surface area contributed by atoms with Gasteiger partial charge in [0, 0.05) is 25.6 Å². The van der Waals surface area contributed by atoms with Crippen LogP contribution < -0.4 is 5.32 Å². The van der Waals surface area contributed by atoms with Gasteiger partial charge in [-0.3, -0.25) is 0 Å². The summed E-state index contributed by atoms with van der Waals surface area (Å²) < 4.78 is 35.6. The topological polar surface area (TPSA) is 97.6 Å². The summed E-state index contributed by atoms with van der Waals surface area (Å²) in [5, 5.41) is 11.0. The molecule has 1 N–H and O–H groups in total. The van der Waals surface area contributed by atoms with Crippen molar-refractivity contribution in [3.05, 3.63) is 5.89 Å².